The Morgan fingerprint density at radius 3 is 2.74 bits per heavy atom. The molecule has 1 heterocycles. The van der Waals surface area contributed by atoms with Gasteiger partial charge in [0.25, 0.3) is 0 Å². The number of carbonyl (C=O) groups excluding carboxylic acids is 1. The molecule has 1 fully saturated rings. The second-order valence-corrected chi connectivity index (χ2v) is 9.68. The number of nitrogens with one attached hydrogen (secondary N) is 1. The average Bonchev–Trinajstić information content (AvgIpc) is 2.96. The van der Waals surface area contributed by atoms with Crippen molar-refractivity contribution in [3.05, 3.63) is 48.0 Å². The molecule has 0 aromatic heterocycles. The fourth-order valence-corrected chi connectivity index (χ4v) is 4.72. The van der Waals surface area contributed by atoms with Gasteiger partial charge in [-0.05, 0) is 24.2 Å². The number of nitrogens with zero attached hydrogens (tertiary/aromatic N) is 1. The highest BCUT2D eigenvalue weighted by Crippen LogP contribution is 2.38. The molecule has 1 saturated heterocycles. The maximum Gasteiger partial charge on any atom is 0.335 e. The van der Waals surface area contributed by atoms with Crippen molar-refractivity contribution in [3.8, 4) is 0 Å². The molecule has 9 heteroatoms. The van der Waals surface area contributed by atoms with Crippen molar-refractivity contribution in [3.63, 3.8) is 0 Å². The van der Waals surface area contributed by atoms with Gasteiger partial charge in [0.05, 0.1) is 17.6 Å². The van der Waals surface area contributed by atoms with Crippen LogP contribution in [-0.2, 0) is 11.0 Å². The molecule has 1 aliphatic heterocycles. The van der Waals surface area contributed by atoms with Crippen molar-refractivity contribution < 1.29 is 24.3 Å². The van der Waals surface area contributed by atoms with E-state index >= 15 is 0 Å². The Morgan fingerprint density at radius 2 is 2.04 bits per heavy atom. The number of hydrogen-bond acceptors (Lipinski definition) is 4. The lowest BCUT2D eigenvalue weighted by molar-refractivity contribution is 0.207. The summed E-state index contributed by atoms with van der Waals surface area (Å²) in [6.07, 6.45) is 5.07. The molecule has 150 valence electrons. The standard InChI is InChI=1S/C18H27N2O5PS/c21-17(12-15-6-2-1-3-7-15)9-8-16-13-19-18(22)20(16)10-4-5-11-27-14-26(23,24)25/h1-3,6-9,16-17,21H,4-5,10-14H2,(H,19,22)(H2,23,24,25). The minimum atomic E-state index is -3.94. The molecule has 1 aromatic carbocycles. The van der Waals surface area contributed by atoms with E-state index in [-0.39, 0.29) is 17.6 Å². The molecule has 2 amide bonds. The highest BCUT2D eigenvalue weighted by atomic mass is 32.2. The van der Waals surface area contributed by atoms with E-state index in [2.05, 4.69) is 5.32 Å². The van der Waals surface area contributed by atoms with Crippen LogP contribution in [0.1, 0.15) is 18.4 Å². The number of rotatable bonds is 11. The summed E-state index contributed by atoms with van der Waals surface area (Å²) >= 11 is 1.23. The quantitative estimate of drug-likeness (QED) is 0.251. The minimum Gasteiger partial charge on any atom is -0.389 e. The Bertz CT molecular complexity index is 667. The second-order valence-electron chi connectivity index (χ2n) is 6.50. The van der Waals surface area contributed by atoms with Crippen LogP contribution in [0.5, 0.6) is 0 Å². The Balaban J connectivity index is 1.73. The third-order valence-corrected chi connectivity index (χ3v) is 6.82. The number of unbranched alkanes of at least 4 members (excludes halogenated alkanes) is 1. The normalized spacial score (nSPS) is 18.9. The number of thioether (sulfide) groups is 1. The van der Waals surface area contributed by atoms with E-state index in [0.717, 1.165) is 18.4 Å². The number of hydrogen-bond donors (Lipinski definition) is 4. The smallest absolute Gasteiger partial charge is 0.335 e. The van der Waals surface area contributed by atoms with Crippen LogP contribution < -0.4 is 5.32 Å². The van der Waals surface area contributed by atoms with E-state index in [1.807, 2.05) is 36.4 Å². The second kappa shape index (κ2) is 10.9. The van der Waals surface area contributed by atoms with Crippen LogP contribution in [0.15, 0.2) is 42.5 Å². The summed E-state index contributed by atoms with van der Waals surface area (Å²) in [6, 6.07) is 9.53. The Labute approximate surface area is 164 Å². The molecule has 2 unspecified atom stereocenters. The third-order valence-electron chi connectivity index (χ3n) is 4.16. The predicted octanol–water partition coefficient (Wildman–Crippen LogP) is 2.19. The molecule has 0 aliphatic carbocycles. The SMILES string of the molecule is O=C1NCC(C=CC(O)Cc2ccccc2)N1CCCCSCP(=O)(O)O. The first-order valence-corrected chi connectivity index (χ1v) is 11.9. The fraction of sp³-hybridized carbons (Fsp3) is 0.500. The molecule has 0 radical (unpaired) electrons. The van der Waals surface area contributed by atoms with Gasteiger partial charge < -0.3 is 25.1 Å². The largest absolute Gasteiger partial charge is 0.389 e. The van der Waals surface area contributed by atoms with Gasteiger partial charge >= 0.3 is 13.6 Å². The molecular formula is C18H27N2O5PS. The van der Waals surface area contributed by atoms with Crippen LogP contribution in [0, 0.1) is 0 Å². The maximum atomic E-state index is 12.0. The van der Waals surface area contributed by atoms with Crippen LogP contribution in [0.3, 0.4) is 0 Å². The van der Waals surface area contributed by atoms with E-state index in [1.54, 1.807) is 11.0 Å². The van der Waals surface area contributed by atoms with Gasteiger partial charge in [0.2, 0.25) is 0 Å². The molecule has 2 rings (SSSR count). The first-order chi connectivity index (χ1) is 12.8. The zero-order valence-electron chi connectivity index (χ0n) is 15.1. The summed E-state index contributed by atoms with van der Waals surface area (Å²) < 4.78 is 10.8. The van der Waals surface area contributed by atoms with Crippen molar-refractivity contribution in [2.24, 2.45) is 0 Å². The first kappa shape index (κ1) is 22.0. The highest BCUT2D eigenvalue weighted by molar-refractivity contribution is 8.04. The predicted molar refractivity (Wildman–Crippen MR) is 108 cm³/mol. The van der Waals surface area contributed by atoms with Crippen LogP contribution in [0.25, 0.3) is 0 Å². The topological polar surface area (TPSA) is 110 Å². The maximum absolute atomic E-state index is 12.0. The number of aliphatic hydroxyl groups excluding tert-OH is 1. The lowest BCUT2D eigenvalue weighted by Crippen LogP contribution is -2.34. The van der Waals surface area contributed by atoms with E-state index in [4.69, 9.17) is 9.79 Å². The number of benzene rings is 1. The zero-order chi connectivity index (χ0) is 19.7. The Kier molecular flexibility index (Phi) is 8.86. The molecule has 0 spiro atoms. The van der Waals surface area contributed by atoms with Gasteiger partial charge in [-0.25, -0.2) is 4.79 Å². The van der Waals surface area contributed by atoms with Crippen LogP contribution in [-0.4, -0.2) is 62.3 Å². The van der Waals surface area contributed by atoms with Crippen LogP contribution in [0.2, 0.25) is 0 Å². The van der Waals surface area contributed by atoms with E-state index in [9.17, 15) is 14.5 Å². The Hall–Kier alpha value is -1.31. The van der Waals surface area contributed by atoms with Crippen LogP contribution in [0.4, 0.5) is 4.79 Å². The summed E-state index contributed by atoms with van der Waals surface area (Å²) in [6.45, 7) is 1.09. The van der Waals surface area contributed by atoms with Gasteiger partial charge in [-0.1, -0.05) is 42.5 Å². The van der Waals surface area contributed by atoms with Gasteiger partial charge in [0.15, 0.2) is 0 Å². The zero-order valence-corrected chi connectivity index (χ0v) is 16.8. The molecular weight excluding hydrogens is 387 g/mol. The van der Waals surface area contributed by atoms with Gasteiger partial charge in [0.1, 0.15) is 0 Å². The lowest BCUT2D eigenvalue weighted by atomic mass is 10.1. The molecule has 7 nitrogen and oxygen atoms in total. The molecule has 1 aromatic rings. The van der Waals surface area contributed by atoms with Crippen molar-refractivity contribution in [2.75, 3.05) is 24.3 Å². The van der Waals surface area contributed by atoms with Gasteiger partial charge in [-0.3, -0.25) is 4.57 Å². The number of amides is 2. The minimum absolute atomic E-state index is 0.0920. The molecule has 4 N–H and O–H groups in total. The summed E-state index contributed by atoms with van der Waals surface area (Å²) in [5, 5.41) is 13.0. The van der Waals surface area contributed by atoms with Crippen molar-refractivity contribution in [1.82, 2.24) is 10.2 Å². The van der Waals surface area contributed by atoms with E-state index < -0.39 is 13.7 Å². The first-order valence-electron chi connectivity index (χ1n) is 8.92. The highest BCUT2D eigenvalue weighted by Gasteiger charge is 2.28. The van der Waals surface area contributed by atoms with Crippen molar-refractivity contribution in [1.29, 1.82) is 0 Å². The lowest BCUT2D eigenvalue weighted by Gasteiger charge is -2.20. The van der Waals surface area contributed by atoms with E-state index in [0.29, 0.717) is 25.3 Å². The van der Waals surface area contributed by atoms with Crippen molar-refractivity contribution in [2.45, 2.75) is 31.4 Å². The molecule has 0 saturated carbocycles. The number of urea groups is 1. The summed E-state index contributed by atoms with van der Waals surface area (Å²) in [5.41, 5.74) is 0.891. The third kappa shape index (κ3) is 8.49. The average molecular weight is 414 g/mol. The summed E-state index contributed by atoms with van der Waals surface area (Å²) in [7, 11) is -3.94. The van der Waals surface area contributed by atoms with Gasteiger partial charge in [0, 0.05) is 19.5 Å². The van der Waals surface area contributed by atoms with Gasteiger partial charge in [-0.15, -0.1) is 11.8 Å². The summed E-state index contributed by atoms with van der Waals surface area (Å²) in [4.78, 5) is 31.3. The van der Waals surface area contributed by atoms with E-state index in [1.165, 1.54) is 11.8 Å². The molecule has 2 atom stereocenters. The molecule has 27 heavy (non-hydrogen) atoms. The number of carbonyl (C=O) groups is 1. The molecule has 0 bridgehead atoms. The van der Waals surface area contributed by atoms with Crippen molar-refractivity contribution >= 4 is 25.4 Å². The fourth-order valence-electron chi connectivity index (χ4n) is 2.84. The van der Waals surface area contributed by atoms with Gasteiger partial charge in [-0.2, -0.15) is 0 Å². The summed E-state index contributed by atoms with van der Waals surface area (Å²) in [5.74, 6) is 0.650. The Morgan fingerprint density at radius 1 is 1.30 bits per heavy atom. The monoisotopic (exact) mass is 414 g/mol. The number of aliphatic hydroxyl groups is 1. The molecule has 1 aliphatic rings. The van der Waals surface area contributed by atoms with Crippen LogP contribution >= 0.6 is 19.4 Å².